The van der Waals surface area contributed by atoms with Crippen molar-refractivity contribution in [1.29, 1.82) is 0 Å². The summed E-state index contributed by atoms with van der Waals surface area (Å²) in [5.41, 5.74) is 0. The Balaban J connectivity index is 4.29. The van der Waals surface area contributed by atoms with E-state index in [2.05, 4.69) is 31.3 Å². The summed E-state index contributed by atoms with van der Waals surface area (Å²) in [6.07, 6.45) is 43.6. The number of hydrogen-bond donors (Lipinski definition) is 2. The summed E-state index contributed by atoms with van der Waals surface area (Å²) < 4.78 is 23.3. The molecule has 0 aliphatic heterocycles. The van der Waals surface area contributed by atoms with E-state index in [4.69, 9.17) is 9.05 Å². The Morgan fingerprint density at radius 3 is 1.42 bits per heavy atom. The second kappa shape index (κ2) is 38.7. The number of phosphoric acid groups is 1. The summed E-state index contributed by atoms with van der Waals surface area (Å²) in [7, 11) is 1.30. The van der Waals surface area contributed by atoms with Crippen molar-refractivity contribution in [3.05, 3.63) is 12.2 Å². The quantitative estimate of drug-likeness (QED) is 0.0275. The number of nitrogens with zero attached hydrogens (tertiary/aromatic N) is 1. The first kappa shape index (κ1) is 54.2. The van der Waals surface area contributed by atoms with Crippen molar-refractivity contribution in [2.75, 3.05) is 40.9 Å². The average Bonchev–Trinajstić information content (AvgIpc) is 3.13. The zero-order valence-electron chi connectivity index (χ0n) is 37.1. The number of aliphatic hydroxyl groups is 1. The molecule has 0 bridgehead atoms. The van der Waals surface area contributed by atoms with Gasteiger partial charge in [-0.05, 0) is 38.5 Å². The van der Waals surface area contributed by atoms with Crippen LogP contribution in [0.15, 0.2) is 12.2 Å². The highest BCUT2D eigenvalue weighted by atomic mass is 31.2. The number of amides is 1. The zero-order chi connectivity index (χ0) is 40.7. The third-order valence-electron chi connectivity index (χ3n) is 10.8. The van der Waals surface area contributed by atoms with E-state index in [1.54, 1.807) is 0 Å². The van der Waals surface area contributed by atoms with Crippen LogP contribution in [0.25, 0.3) is 0 Å². The van der Waals surface area contributed by atoms with Gasteiger partial charge in [0.2, 0.25) is 5.91 Å². The Labute approximate surface area is 342 Å². The Morgan fingerprint density at radius 1 is 0.618 bits per heavy atom. The summed E-state index contributed by atoms with van der Waals surface area (Å²) in [5.74, 6) is -0.179. The van der Waals surface area contributed by atoms with Gasteiger partial charge in [0.15, 0.2) is 0 Å². The molecule has 3 atom stereocenters. The van der Waals surface area contributed by atoms with E-state index < -0.39 is 20.0 Å². The minimum atomic E-state index is -4.56. The van der Waals surface area contributed by atoms with E-state index in [1.165, 1.54) is 148 Å². The van der Waals surface area contributed by atoms with Crippen LogP contribution in [0.2, 0.25) is 0 Å². The first-order chi connectivity index (χ1) is 26.5. The van der Waals surface area contributed by atoms with Gasteiger partial charge in [0.25, 0.3) is 7.82 Å². The number of likely N-dealkylation sites (N-methyl/N-ethyl adjacent to an activating group) is 1. The standard InChI is InChI=1S/C46H93N2O6P/c1-6-8-10-12-14-16-18-20-21-22-23-24-25-26-28-29-31-33-35-37-39-45(49)44(43-54-55(51,52)53-42-41-48(3,4)5)47-46(50)40-38-36-34-32-30-27-19-17-15-13-11-9-7-2/h27,30,44-45,49H,6-26,28-29,31-43H2,1-5H3,(H-,47,50,51,52)/b30-27-. The van der Waals surface area contributed by atoms with E-state index in [0.29, 0.717) is 23.9 Å². The van der Waals surface area contributed by atoms with E-state index in [-0.39, 0.29) is 19.1 Å². The molecule has 0 spiro atoms. The minimum Gasteiger partial charge on any atom is -0.756 e. The molecule has 1 amide bonds. The molecule has 0 aliphatic carbocycles. The van der Waals surface area contributed by atoms with Crippen molar-refractivity contribution in [3.8, 4) is 0 Å². The van der Waals surface area contributed by atoms with Gasteiger partial charge in [0.1, 0.15) is 13.2 Å². The number of rotatable bonds is 43. The summed E-state index contributed by atoms with van der Waals surface area (Å²) in [4.78, 5) is 25.3. The fourth-order valence-electron chi connectivity index (χ4n) is 6.98. The molecule has 0 heterocycles. The van der Waals surface area contributed by atoms with Crippen LogP contribution in [0.4, 0.5) is 0 Å². The molecule has 0 radical (unpaired) electrons. The number of allylic oxidation sites excluding steroid dienone is 2. The molecule has 0 aliphatic rings. The van der Waals surface area contributed by atoms with E-state index in [9.17, 15) is 19.4 Å². The van der Waals surface area contributed by atoms with Gasteiger partial charge in [-0.2, -0.15) is 0 Å². The van der Waals surface area contributed by atoms with Crippen molar-refractivity contribution in [3.63, 3.8) is 0 Å². The molecule has 2 N–H and O–H groups in total. The van der Waals surface area contributed by atoms with Gasteiger partial charge in [0, 0.05) is 6.42 Å². The highest BCUT2D eigenvalue weighted by Crippen LogP contribution is 2.38. The summed E-state index contributed by atoms with van der Waals surface area (Å²) in [5, 5.41) is 13.9. The fourth-order valence-corrected chi connectivity index (χ4v) is 7.70. The maximum absolute atomic E-state index is 12.9. The molecule has 9 heteroatoms. The number of nitrogens with one attached hydrogen (secondary N) is 1. The molecule has 0 aromatic carbocycles. The Bertz CT molecular complexity index is 911. The maximum atomic E-state index is 12.9. The predicted octanol–water partition coefficient (Wildman–Crippen LogP) is 12.5. The van der Waals surface area contributed by atoms with Crippen molar-refractivity contribution < 1.29 is 32.9 Å². The van der Waals surface area contributed by atoms with Crippen LogP contribution in [0, 0.1) is 0 Å². The van der Waals surface area contributed by atoms with Gasteiger partial charge in [-0.25, -0.2) is 0 Å². The molecule has 328 valence electrons. The smallest absolute Gasteiger partial charge is 0.268 e. The van der Waals surface area contributed by atoms with Gasteiger partial charge in [-0.1, -0.05) is 193 Å². The molecule has 0 rings (SSSR count). The number of aliphatic hydroxyl groups excluding tert-OH is 1. The van der Waals surface area contributed by atoms with Gasteiger partial charge in [-0.3, -0.25) is 9.36 Å². The Hall–Kier alpha value is -0.760. The van der Waals surface area contributed by atoms with Crippen molar-refractivity contribution >= 4 is 13.7 Å². The molecule has 0 aromatic rings. The third-order valence-corrected chi connectivity index (χ3v) is 11.7. The average molecular weight is 801 g/mol. The van der Waals surface area contributed by atoms with Gasteiger partial charge < -0.3 is 28.8 Å². The monoisotopic (exact) mass is 801 g/mol. The zero-order valence-corrected chi connectivity index (χ0v) is 38.0. The number of quaternary nitrogens is 1. The predicted molar refractivity (Wildman–Crippen MR) is 233 cm³/mol. The number of carbonyl (C=O) groups excluding carboxylic acids is 1. The van der Waals surface area contributed by atoms with Gasteiger partial charge >= 0.3 is 0 Å². The lowest BCUT2D eigenvalue weighted by molar-refractivity contribution is -0.870. The van der Waals surface area contributed by atoms with Crippen LogP contribution in [0.5, 0.6) is 0 Å². The Morgan fingerprint density at radius 2 is 1.00 bits per heavy atom. The third kappa shape index (κ3) is 41.2. The molecule has 3 unspecified atom stereocenters. The fraction of sp³-hybridized carbons (Fsp3) is 0.935. The second-order valence-electron chi connectivity index (χ2n) is 17.5. The first-order valence-electron chi connectivity index (χ1n) is 23.5. The maximum Gasteiger partial charge on any atom is 0.268 e. The van der Waals surface area contributed by atoms with Gasteiger partial charge in [-0.15, -0.1) is 0 Å². The number of phosphoric ester groups is 1. The normalized spacial score (nSPS) is 14.4. The largest absolute Gasteiger partial charge is 0.756 e. The molecule has 0 fully saturated rings. The lowest BCUT2D eigenvalue weighted by atomic mass is 10.0. The topological polar surface area (TPSA) is 108 Å². The number of carbonyl (C=O) groups is 1. The number of unbranched alkanes of at least 4 members (excludes halogenated alkanes) is 28. The van der Waals surface area contributed by atoms with Crippen LogP contribution in [0.3, 0.4) is 0 Å². The van der Waals surface area contributed by atoms with Crippen molar-refractivity contribution in [2.45, 2.75) is 238 Å². The SMILES string of the molecule is CCCCCCCC/C=C\CCCCCC(=O)NC(COP(=O)([O-])OCC[N+](C)(C)C)C(O)CCCCCCCCCCCCCCCCCCCCCC. The van der Waals surface area contributed by atoms with Crippen LogP contribution >= 0.6 is 7.82 Å². The van der Waals surface area contributed by atoms with Crippen LogP contribution in [0.1, 0.15) is 226 Å². The van der Waals surface area contributed by atoms with E-state index in [0.717, 1.165) is 51.4 Å². The molecular formula is C46H93N2O6P. The highest BCUT2D eigenvalue weighted by Gasteiger charge is 2.24. The summed E-state index contributed by atoms with van der Waals surface area (Å²) in [6.45, 7) is 4.71. The molecular weight excluding hydrogens is 707 g/mol. The molecule has 55 heavy (non-hydrogen) atoms. The van der Waals surface area contributed by atoms with E-state index >= 15 is 0 Å². The highest BCUT2D eigenvalue weighted by molar-refractivity contribution is 7.45. The summed E-state index contributed by atoms with van der Waals surface area (Å²) in [6, 6.07) is -0.804. The molecule has 0 saturated carbocycles. The second-order valence-corrected chi connectivity index (χ2v) is 18.9. The van der Waals surface area contributed by atoms with Crippen LogP contribution in [-0.2, 0) is 18.4 Å². The summed E-state index contributed by atoms with van der Waals surface area (Å²) >= 11 is 0. The van der Waals surface area contributed by atoms with Gasteiger partial charge in [0.05, 0.1) is 39.9 Å². The first-order valence-corrected chi connectivity index (χ1v) is 25.0. The Kier molecular flexibility index (Phi) is 38.2. The lowest BCUT2D eigenvalue weighted by Gasteiger charge is -2.30. The molecule has 0 saturated heterocycles. The van der Waals surface area contributed by atoms with Crippen LogP contribution < -0.4 is 10.2 Å². The molecule has 0 aromatic heterocycles. The van der Waals surface area contributed by atoms with Crippen molar-refractivity contribution in [1.82, 2.24) is 5.32 Å². The minimum absolute atomic E-state index is 0.0114. The number of hydrogen-bond acceptors (Lipinski definition) is 6. The lowest BCUT2D eigenvalue weighted by Crippen LogP contribution is -2.46. The van der Waals surface area contributed by atoms with Crippen LogP contribution in [-0.4, -0.2) is 68.5 Å². The van der Waals surface area contributed by atoms with Crippen molar-refractivity contribution in [2.24, 2.45) is 0 Å². The van der Waals surface area contributed by atoms with E-state index in [1.807, 2.05) is 21.1 Å². The molecule has 8 nitrogen and oxygen atoms in total.